The second kappa shape index (κ2) is 10.5. The first-order valence-corrected chi connectivity index (χ1v) is 11.8. The number of nitrogens with zero attached hydrogens (tertiary/aromatic N) is 3. The lowest BCUT2D eigenvalue weighted by atomic mass is 9.92. The Hall–Kier alpha value is -4.66. The van der Waals surface area contributed by atoms with E-state index in [9.17, 15) is 9.18 Å². The summed E-state index contributed by atoms with van der Waals surface area (Å²) >= 11 is 0. The number of ether oxygens (including phenoxy) is 3. The SMILES string of the molecule is CCOc1cc([C@H]2C(C(=O)OC)=C(c3ccccc3)Nc3ncnn32)ccc1OCc1ccccc1F. The molecule has 0 unspecified atom stereocenters. The summed E-state index contributed by atoms with van der Waals surface area (Å²) in [7, 11) is 1.34. The fourth-order valence-corrected chi connectivity index (χ4v) is 4.28. The quantitative estimate of drug-likeness (QED) is 0.341. The standard InChI is InChI=1S/C28H25FN4O4/c1-3-36-23-15-19(13-14-22(23)37-16-20-11-7-8-12-21(20)29)26-24(27(34)35-2)25(18-9-5-4-6-10-18)32-28-30-17-31-33(26)28/h4-15,17,26H,3,16H2,1-2H3,(H,30,31,32)/t26-/m0/s1. The van der Waals surface area contributed by atoms with E-state index in [0.717, 1.165) is 5.56 Å². The van der Waals surface area contributed by atoms with E-state index in [1.54, 1.807) is 35.0 Å². The minimum atomic E-state index is -0.652. The van der Waals surface area contributed by atoms with Crippen molar-refractivity contribution in [3.05, 3.63) is 107 Å². The molecule has 0 bridgehead atoms. The molecule has 0 aliphatic carbocycles. The number of fused-ring (bicyclic) bond motifs is 1. The number of rotatable bonds is 8. The number of esters is 1. The molecule has 5 rings (SSSR count). The lowest BCUT2D eigenvalue weighted by molar-refractivity contribution is -0.136. The molecule has 0 radical (unpaired) electrons. The third-order valence-corrected chi connectivity index (χ3v) is 5.99. The van der Waals surface area contributed by atoms with Crippen LogP contribution in [0.5, 0.6) is 11.5 Å². The Labute approximate surface area is 213 Å². The van der Waals surface area contributed by atoms with Gasteiger partial charge in [-0.1, -0.05) is 54.6 Å². The van der Waals surface area contributed by atoms with Crippen molar-refractivity contribution in [1.29, 1.82) is 0 Å². The van der Waals surface area contributed by atoms with Crippen molar-refractivity contribution in [3.63, 3.8) is 0 Å². The van der Waals surface area contributed by atoms with Crippen LogP contribution in [-0.2, 0) is 16.1 Å². The van der Waals surface area contributed by atoms with Crippen molar-refractivity contribution >= 4 is 17.6 Å². The van der Waals surface area contributed by atoms with Gasteiger partial charge in [-0.15, -0.1) is 0 Å². The van der Waals surface area contributed by atoms with Gasteiger partial charge in [-0.3, -0.25) is 0 Å². The van der Waals surface area contributed by atoms with Gasteiger partial charge >= 0.3 is 5.97 Å². The van der Waals surface area contributed by atoms with E-state index < -0.39 is 12.0 Å². The highest BCUT2D eigenvalue weighted by atomic mass is 19.1. The molecule has 37 heavy (non-hydrogen) atoms. The predicted molar refractivity (Wildman–Crippen MR) is 136 cm³/mol. The number of benzene rings is 3. The summed E-state index contributed by atoms with van der Waals surface area (Å²) < 4.78 is 32.7. The molecule has 1 aliphatic heterocycles. The monoisotopic (exact) mass is 500 g/mol. The van der Waals surface area contributed by atoms with Gasteiger partial charge in [0.25, 0.3) is 0 Å². The molecule has 1 aliphatic rings. The Kier molecular flexibility index (Phi) is 6.85. The lowest BCUT2D eigenvalue weighted by Gasteiger charge is -2.29. The van der Waals surface area contributed by atoms with Gasteiger partial charge in [0, 0.05) is 5.56 Å². The third kappa shape index (κ3) is 4.75. The largest absolute Gasteiger partial charge is 0.490 e. The van der Waals surface area contributed by atoms with E-state index >= 15 is 0 Å². The van der Waals surface area contributed by atoms with E-state index in [-0.39, 0.29) is 12.4 Å². The summed E-state index contributed by atoms with van der Waals surface area (Å²) in [4.78, 5) is 17.5. The van der Waals surface area contributed by atoms with Crippen LogP contribution in [-0.4, -0.2) is 34.5 Å². The molecule has 1 atom stereocenters. The third-order valence-electron chi connectivity index (χ3n) is 5.99. The normalized spacial score (nSPS) is 14.5. The van der Waals surface area contributed by atoms with E-state index in [1.807, 2.05) is 43.3 Å². The fraction of sp³-hybridized carbons (Fsp3) is 0.179. The van der Waals surface area contributed by atoms with Crippen molar-refractivity contribution in [2.24, 2.45) is 0 Å². The zero-order valence-corrected chi connectivity index (χ0v) is 20.3. The number of halogens is 1. The number of hydrogen-bond acceptors (Lipinski definition) is 7. The van der Waals surface area contributed by atoms with Crippen LogP contribution in [0.1, 0.15) is 29.7 Å². The number of hydrogen-bond donors (Lipinski definition) is 1. The second-order valence-corrected chi connectivity index (χ2v) is 8.22. The van der Waals surface area contributed by atoms with Crippen LogP contribution in [0.3, 0.4) is 0 Å². The topological polar surface area (TPSA) is 87.5 Å². The molecule has 1 aromatic heterocycles. The minimum Gasteiger partial charge on any atom is -0.490 e. The van der Waals surface area contributed by atoms with Gasteiger partial charge in [0.2, 0.25) is 5.95 Å². The molecule has 4 aromatic rings. The molecule has 1 N–H and O–H groups in total. The molecule has 188 valence electrons. The second-order valence-electron chi connectivity index (χ2n) is 8.22. The van der Waals surface area contributed by atoms with Gasteiger partial charge in [0.05, 0.1) is 25.0 Å². The molecular weight excluding hydrogens is 475 g/mol. The van der Waals surface area contributed by atoms with Gasteiger partial charge < -0.3 is 19.5 Å². The van der Waals surface area contributed by atoms with Gasteiger partial charge in [0.15, 0.2) is 11.5 Å². The summed E-state index contributed by atoms with van der Waals surface area (Å²) in [5.41, 5.74) is 2.90. The molecule has 0 fully saturated rings. The molecule has 3 aromatic carbocycles. The summed E-state index contributed by atoms with van der Waals surface area (Å²) in [6.07, 6.45) is 1.42. The molecular formula is C28H25FN4O4. The van der Waals surface area contributed by atoms with Crippen molar-refractivity contribution in [2.75, 3.05) is 19.0 Å². The van der Waals surface area contributed by atoms with Crippen molar-refractivity contribution in [2.45, 2.75) is 19.6 Å². The number of nitrogens with one attached hydrogen (secondary N) is 1. The van der Waals surface area contributed by atoms with Crippen molar-refractivity contribution in [3.8, 4) is 11.5 Å². The summed E-state index contributed by atoms with van der Waals surface area (Å²) in [5.74, 6) is 0.548. The van der Waals surface area contributed by atoms with E-state index in [4.69, 9.17) is 14.2 Å². The van der Waals surface area contributed by atoms with Crippen LogP contribution >= 0.6 is 0 Å². The van der Waals surface area contributed by atoms with Crippen LogP contribution < -0.4 is 14.8 Å². The first-order chi connectivity index (χ1) is 18.1. The number of methoxy groups -OCH3 is 1. The van der Waals surface area contributed by atoms with Crippen LogP contribution in [0.2, 0.25) is 0 Å². The molecule has 0 amide bonds. The maximum Gasteiger partial charge on any atom is 0.338 e. The smallest absolute Gasteiger partial charge is 0.338 e. The zero-order chi connectivity index (χ0) is 25.8. The molecule has 0 saturated carbocycles. The average molecular weight is 501 g/mol. The Morgan fingerprint density at radius 3 is 2.57 bits per heavy atom. The number of carbonyl (C=O) groups is 1. The number of carbonyl (C=O) groups excluding carboxylic acids is 1. The van der Waals surface area contributed by atoms with E-state index in [1.165, 1.54) is 19.5 Å². The van der Waals surface area contributed by atoms with Crippen LogP contribution in [0, 0.1) is 5.82 Å². The van der Waals surface area contributed by atoms with Gasteiger partial charge in [-0.2, -0.15) is 10.1 Å². The Morgan fingerprint density at radius 2 is 1.81 bits per heavy atom. The molecule has 0 spiro atoms. The van der Waals surface area contributed by atoms with Crippen LogP contribution in [0.15, 0.2) is 84.7 Å². The van der Waals surface area contributed by atoms with E-state index in [0.29, 0.717) is 46.5 Å². The molecule has 9 heteroatoms. The van der Waals surface area contributed by atoms with Gasteiger partial charge in [0.1, 0.15) is 24.8 Å². The summed E-state index contributed by atoms with van der Waals surface area (Å²) in [6, 6.07) is 20.7. The number of anilines is 1. The fourth-order valence-electron chi connectivity index (χ4n) is 4.28. The predicted octanol–water partition coefficient (Wildman–Crippen LogP) is 4.99. The van der Waals surface area contributed by atoms with Gasteiger partial charge in [-0.05, 0) is 36.2 Å². The number of aromatic nitrogens is 3. The summed E-state index contributed by atoms with van der Waals surface area (Å²) in [5, 5.41) is 7.61. The van der Waals surface area contributed by atoms with Crippen LogP contribution in [0.4, 0.5) is 10.3 Å². The lowest BCUT2D eigenvalue weighted by Crippen LogP contribution is -2.29. The van der Waals surface area contributed by atoms with Crippen LogP contribution in [0.25, 0.3) is 5.70 Å². The average Bonchev–Trinajstić information content (AvgIpc) is 3.41. The highest BCUT2D eigenvalue weighted by Gasteiger charge is 2.36. The first kappa shape index (κ1) is 24.1. The Bertz CT molecular complexity index is 1450. The highest BCUT2D eigenvalue weighted by Crippen LogP contribution is 2.41. The highest BCUT2D eigenvalue weighted by molar-refractivity contribution is 6.02. The molecule has 2 heterocycles. The molecule has 0 saturated heterocycles. The Morgan fingerprint density at radius 1 is 1.03 bits per heavy atom. The maximum absolute atomic E-state index is 14.1. The first-order valence-electron chi connectivity index (χ1n) is 11.8. The van der Waals surface area contributed by atoms with E-state index in [2.05, 4.69) is 15.4 Å². The van der Waals surface area contributed by atoms with Crippen molar-refractivity contribution in [1.82, 2.24) is 14.8 Å². The molecule has 8 nitrogen and oxygen atoms in total. The summed E-state index contributed by atoms with van der Waals surface area (Å²) in [6.45, 7) is 2.29. The Balaban J connectivity index is 1.59. The van der Waals surface area contributed by atoms with Gasteiger partial charge in [-0.25, -0.2) is 13.9 Å². The maximum atomic E-state index is 14.1. The minimum absolute atomic E-state index is 0.0398. The van der Waals surface area contributed by atoms with Crippen molar-refractivity contribution < 1.29 is 23.4 Å². The zero-order valence-electron chi connectivity index (χ0n) is 20.3.